The first-order chi connectivity index (χ1) is 10.8. The van der Waals surface area contributed by atoms with E-state index in [-0.39, 0.29) is 5.69 Å². The quantitative estimate of drug-likeness (QED) is 0.396. The van der Waals surface area contributed by atoms with E-state index in [1.54, 1.807) is 0 Å². The van der Waals surface area contributed by atoms with Gasteiger partial charge in [0.15, 0.2) is 0 Å². The van der Waals surface area contributed by atoms with E-state index < -0.39 is 28.2 Å². The summed E-state index contributed by atoms with van der Waals surface area (Å²) in [6, 6.07) is 7.29. The third-order valence-electron chi connectivity index (χ3n) is 2.79. The molecule has 0 bridgehead atoms. The van der Waals surface area contributed by atoms with Crippen LogP contribution in [-0.2, 0) is 6.18 Å². The molecule has 0 saturated heterocycles. The average molecular weight is 327 g/mol. The van der Waals surface area contributed by atoms with E-state index >= 15 is 0 Å². The Kier molecular flexibility index (Phi) is 4.58. The second-order valence-corrected chi connectivity index (χ2v) is 4.41. The van der Waals surface area contributed by atoms with Gasteiger partial charge in [-0.2, -0.15) is 18.3 Å². The maximum Gasteiger partial charge on any atom is 0.416 e. The van der Waals surface area contributed by atoms with Crippen molar-refractivity contribution in [1.82, 2.24) is 0 Å². The topological polar surface area (TPSA) is 67.5 Å². The highest BCUT2D eigenvalue weighted by molar-refractivity contribution is 5.80. The van der Waals surface area contributed by atoms with E-state index in [4.69, 9.17) is 0 Å². The van der Waals surface area contributed by atoms with E-state index in [0.29, 0.717) is 17.7 Å². The molecule has 0 amide bonds. The van der Waals surface area contributed by atoms with Crippen molar-refractivity contribution in [3.05, 3.63) is 69.5 Å². The van der Waals surface area contributed by atoms with Gasteiger partial charge in [-0.3, -0.25) is 15.5 Å². The minimum Gasteiger partial charge on any atom is -0.272 e. The van der Waals surface area contributed by atoms with Crippen LogP contribution in [0.3, 0.4) is 0 Å². The summed E-state index contributed by atoms with van der Waals surface area (Å²) in [4.78, 5) is 9.94. The highest BCUT2D eigenvalue weighted by Gasteiger charge is 2.33. The van der Waals surface area contributed by atoms with Crippen molar-refractivity contribution < 1.29 is 22.5 Å². The van der Waals surface area contributed by atoms with Crippen molar-refractivity contribution in [2.24, 2.45) is 5.10 Å². The number of hydrazone groups is 1. The highest BCUT2D eigenvalue weighted by atomic mass is 19.4. The van der Waals surface area contributed by atoms with Crippen LogP contribution in [-0.4, -0.2) is 11.1 Å². The molecule has 0 aliphatic heterocycles. The molecule has 23 heavy (non-hydrogen) atoms. The van der Waals surface area contributed by atoms with Crippen LogP contribution < -0.4 is 5.43 Å². The molecule has 0 unspecified atom stereocenters. The zero-order chi connectivity index (χ0) is 17.0. The van der Waals surface area contributed by atoms with Gasteiger partial charge in [0.2, 0.25) is 0 Å². The number of benzene rings is 2. The summed E-state index contributed by atoms with van der Waals surface area (Å²) in [5.41, 5.74) is 0.737. The van der Waals surface area contributed by atoms with E-state index in [2.05, 4.69) is 10.5 Å². The van der Waals surface area contributed by atoms with Gasteiger partial charge in [-0.25, -0.2) is 4.39 Å². The van der Waals surface area contributed by atoms with Gasteiger partial charge in [0.25, 0.3) is 5.69 Å². The van der Waals surface area contributed by atoms with Gasteiger partial charge in [-0.15, -0.1) is 0 Å². The van der Waals surface area contributed by atoms with E-state index in [1.807, 2.05) is 0 Å². The number of rotatable bonds is 4. The molecule has 0 spiro atoms. The monoisotopic (exact) mass is 327 g/mol. The predicted molar refractivity (Wildman–Crippen MR) is 75.7 cm³/mol. The molecule has 120 valence electrons. The Morgan fingerprint density at radius 1 is 1.13 bits per heavy atom. The lowest BCUT2D eigenvalue weighted by Crippen LogP contribution is -2.06. The molecule has 0 aliphatic rings. The lowest BCUT2D eigenvalue weighted by atomic mass is 10.1. The maximum atomic E-state index is 12.7. The maximum absolute atomic E-state index is 12.7. The molecule has 2 aromatic carbocycles. The van der Waals surface area contributed by atoms with Crippen molar-refractivity contribution in [2.45, 2.75) is 6.18 Å². The van der Waals surface area contributed by atoms with Crippen LogP contribution in [0.2, 0.25) is 0 Å². The molecular formula is C14H9F4N3O2. The second-order valence-electron chi connectivity index (χ2n) is 4.41. The third-order valence-corrected chi connectivity index (χ3v) is 2.79. The Labute approximate surface area is 127 Å². The first kappa shape index (κ1) is 16.4. The Morgan fingerprint density at radius 3 is 2.35 bits per heavy atom. The van der Waals surface area contributed by atoms with Gasteiger partial charge in [0.05, 0.1) is 16.7 Å². The smallest absolute Gasteiger partial charge is 0.272 e. The predicted octanol–water partition coefficient (Wildman–Crippen LogP) is 4.20. The summed E-state index contributed by atoms with van der Waals surface area (Å²) in [6.07, 6.45) is -3.43. The minimum atomic E-state index is -4.68. The third kappa shape index (κ3) is 4.25. The number of hydrogen-bond acceptors (Lipinski definition) is 4. The van der Waals surface area contributed by atoms with Gasteiger partial charge in [-0.1, -0.05) is 12.1 Å². The molecule has 0 aliphatic carbocycles. The van der Waals surface area contributed by atoms with Crippen LogP contribution >= 0.6 is 0 Å². The Bertz CT molecular complexity index is 743. The van der Waals surface area contributed by atoms with Crippen LogP contribution in [0.4, 0.5) is 28.9 Å². The molecule has 0 saturated carbocycles. The molecule has 0 atom stereocenters. The van der Waals surface area contributed by atoms with Gasteiger partial charge >= 0.3 is 6.18 Å². The van der Waals surface area contributed by atoms with Crippen LogP contribution in [0.1, 0.15) is 11.1 Å². The van der Waals surface area contributed by atoms with Crippen molar-refractivity contribution >= 4 is 17.6 Å². The van der Waals surface area contributed by atoms with E-state index in [1.165, 1.54) is 30.5 Å². The zero-order valence-electron chi connectivity index (χ0n) is 11.3. The lowest BCUT2D eigenvalue weighted by molar-refractivity contribution is -0.384. The lowest BCUT2D eigenvalue weighted by Gasteiger charge is -2.08. The van der Waals surface area contributed by atoms with Crippen molar-refractivity contribution in [2.75, 3.05) is 5.43 Å². The Morgan fingerprint density at radius 2 is 1.78 bits per heavy atom. The minimum absolute atomic E-state index is 0.193. The van der Waals surface area contributed by atoms with Crippen LogP contribution in [0.5, 0.6) is 0 Å². The van der Waals surface area contributed by atoms with Crippen LogP contribution in [0.15, 0.2) is 47.6 Å². The normalized spacial score (nSPS) is 11.7. The number of hydrogen-bond donors (Lipinski definition) is 1. The molecule has 0 radical (unpaired) electrons. The number of nitrogens with zero attached hydrogens (tertiary/aromatic N) is 2. The Balaban J connectivity index is 2.22. The molecule has 5 nitrogen and oxygen atoms in total. The molecule has 2 rings (SSSR count). The average Bonchev–Trinajstić information content (AvgIpc) is 2.48. The van der Waals surface area contributed by atoms with Gasteiger partial charge in [0.1, 0.15) is 11.5 Å². The molecular weight excluding hydrogens is 318 g/mol. The van der Waals surface area contributed by atoms with Gasteiger partial charge in [-0.05, 0) is 29.8 Å². The summed E-state index contributed by atoms with van der Waals surface area (Å²) in [5.74, 6) is -0.437. The van der Waals surface area contributed by atoms with E-state index in [0.717, 1.165) is 6.07 Å². The van der Waals surface area contributed by atoms with Gasteiger partial charge < -0.3 is 0 Å². The summed E-state index contributed by atoms with van der Waals surface area (Å²) >= 11 is 0. The summed E-state index contributed by atoms with van der Waals surface area (Å²) in [6.45, 7) is 0. The number of alkyl halides is 3. The van der Waals surface area contributed by atoms with Crippen LogP contribution in [0, 0.1) is 15.9 Å². The standard InChI is InChI=1S/C14H9F4N3O2/c15-11-4-1-9(2-5-11)8-19-20-12-6-3-10(14(16,17)18)7-13(12)21(22)23/h1-8,20H. The van der Waals surface area contributed by atoms with Crippen molar-refractivity contribution in [3.8, 4) is 0 Å². The first-order valence-electron chi connectivity index (χ1n) is 6.17. The number of halogens is 4. The van der Waals surface area contributed by atoms with Gasteiger partial charge in [0, 0.05) is 6.07 Å². The molecule has 0 aromatic heterocycles. The van der Waals surface area contributed by atoms with Crippen molar-refractivity contribution in [1.29, 1.82) is 0 Å². The van der Waals surface area contributed by atoms with Crippen molar-refractivity contribution in [3.63, 3.8) is 0 Å². The Hall–Kier alpha value is -2.97. The second kappa shape index (κ2) is 6.42. The zero-order valence-corrected chi connectivity index (χ0v) is 11.3. The first-order valence-corrected chi connectivity index (χ1v) is 6.17. The molecule has 9 heteroatoms. The number of nitrogens with one attached hydrogen (secondary N) is 1. The van der Waals surface area contributed by atoms with E-state index in [9.17, 15) is 27.7 Å². The molecule has 1 N–H and O–H groups in total. The largest absolute Gasteiger partial charge is 0.416 e. The fourth-order valence-electron chi connectivity index (χ4n) is 1.68. The SMILES string of the molecule is O=[N+]([O-])c1cc(C(F)(F)F)ccc1NN=Cc1ccc(F)cc1. The molecule has 0 heterocycles. The summed E-state index contributed by atoms with van der Waals surface area (Å²) in [5, 5.41) is 14.6. The molecule has 2 aromatic rings. The summed E-state index contributed by atoms with van der Waals surface area (Å²) < 4.78 is 50.4. The number of nitro benzene ring substituents is 1. The summed E-state index contributed by atoms with van der Waals surface area (Å²) in [7, 11) is 0. The molecule has 0 fully saturated rings. The fraction of sp³-hybridized carbons (Fsp3) is 0.0714. The highest BCUT2D eigenvalue weighted by Crippen LogP contribution is 2.34. The number of nitro groups is 1. The number of anilines is 1. The van der Waals surface area contributed by atoms with Crippen LogP contribution in [0.25, 0.3) is 0 Å². The fourth-order valence-corrected chi connectivity index (χ4v) is 1.68.